The number of aromatic amines is 3. The number of methoxy groups -OCH3 is 1. The molecule has 0 unspecified atom stereocenters. The number of nitrogens with zero attached hydrogens (tertiary/aromatic N) is 2. The number of hydrogen-bond donors (Lipinski definition) is 6. The Morgan fingerprint density at radius 1 is 0.740 bits per heavy atom. The van der Waals surface area contributed by atoms with Crippen LogP contribution in [0.4, 0.5) is 0 Å². The van der Waals surface area contributed by atoms with Gasteiger partial charge in [0.25, 0.3) is 0 Å². The Labute approximate surface area is 289 Å². The second-order valence-corrected chi connectivity index (χ2v) is 12.5. The topological polar surface area (TPSA) is 184 Å². The van der Waals surface area contributed by atoms with Crippen molar-refractivity contribution in [1.82, 2.24) is 35.6 Å². The molecule has 3 atom stereocenters. The van der Waals surface area contributed by atoms with Crippen LogP contribution >= 0.6 is 0 Å². The van der Waals surface area contributed by atoms with E-state index in [4.69, 9.17) is 10.5 Å². The molecule has 0 saturated heterocycles. The standard InChI is InChI=1S/C38H40N8O4/c1-22-8-12-24(13-9-22)34-41-20-27(43-34)17-30(39)36(47)45-32(16-26-19-40-31-7-5-4-6-29(26)31)37(48)46-33(38(49)50-3)18-28-21-42-35(44-28)25-14-10-23(2)11-15-25/h4-15,19-21,30,32-33,40H,16-18,39H2,1-3H3,(H,41,43)(H,42,44)(H,45,47)(H,46,48)/t30-,32-,33-/m0/s1. The number of esters is 1. The number of carbonyl (C=O) groups is 3. The molecular formula is C38H40N8O4. The highest BCUT2D eigenvalue weighted by Crippen LogP contribution is 2.21. The van der Waals surface area contributed by atoms with Crippen LogP contribution < -0.4 is 16.4 Å². The van der Waals surface area contributed by atoms with E-state index in [1.807, 2.05) is 92.8 Å². The van der Waals surface area contributed by atoms with Crippen molar-refractivity contribution in [3.8, 4) is 22.8 Å². The molecule has 3 aromatic heterocycles. The van der Waals surface area contributed by atoms with E-state index < -0.39 is 35.9 Å². The molecule has 6 rings (SSSR count). The number of carbonyl (C=O) groups excluding carboxylic acids is 3. The predicted molar refractivity (Wildman–Crippen MR) is 191 cm³/mol. The molecule has 0 aliphatic heterocycles. The van der Waals surface area contributed by atoms with Gasteiger partial charge in [-0.1, -0.05) is 77.9 Å². The molecule has 0 radical (unpaired) electrons. The third kappa shape index (κ3) is 7.99. The molecule has 3 heterocycles. The summed E-state index contributed by atoms with van der Waals surface area (Å²) in [7, 11) is 1.26. The zero-order chi connectivity index (χ0) is 35.2. The number of rotatable bonds is 13. The molecule has 6 aromatic rings. The van der Waals surface area contributed by atoms with Crippen molar-refractivity contribution in [2.75, 3.05) is 7.11 Å². The summed E-state index contributed by atoms with van der Waals surface area (Å²) < 4.78 is 5.05. The molecule has 7 N–H and O–H groups in total. The van der Waals surface area contributed by atoms with E-state index in [0.717, 1.165) is 38.7 Å². The Bertz CT molecular complexity index is 2090. The van der Waals surface area contributed by atoms with Crippen LogP contribution in [0.2, 0.25) is 0 Å². The lowest BCUT2D eigenvalue weighted by molar-refractivity contribution is -0.145. The van der Waals surface area contributed by atoms with Gasteiger partial charge in [-0.3, -0.25) is 9.59 Å². The second-order valence-electron chi connectivity index (χ2n) is 12.5. The lowest BCUT2D eigenvalue weighted by Gasteiger charge is -2.23. The van der Waals surface area contributed by atoms with E-state index in [2.05, 4.69) is 35.6 Å². The number of fused-ring (bicyclic) bond motifs is 1. The summed E-state index contributed by atoms with van der Waals surface area (Å²) in [5, 5.41) is 6.57. The number of aryl methyl sites for hydroxylation is 2. The first-order chi connectivity index (χ1) is 24.2. The Balaban J connectivity index is 1.18. The number of hydrogen-bond acceptors (Lipinski definition) is 7. The molecule has 12 heteroatoms. The molecular weight excluding hydrogens is 632 g/mol. The minimum absolute atomic E-state index is 0.0910. The van der Waals surface area contributed by atoms with E-state index in [-0.39, 0.29) is 19.3 Å². The second kappa shape index (κ2) is 15.0. The molecule has 0 saturated carbocycles. The van der Waals surface area contributed by atoms with Gasteiger partial charge in [0.05, 0.1) is 13.2 Å². The first-order valence-electron chi connectivity index (χ1n) is 16.4. The molecule has 12 nitrogen and oxygen atoms in total. The normalized spacial score (nSPS) is 13.0. The average Bonchev–Trinajstić information content (AvgIpc) is 3.89. The van der Waals surface area contributed by atoms with Crippen molar-refractivity contribution in [3.05, 3.63) is 119 Å². The molecule has 0 bridgehead atoms. The monoisotopic (exact) mass is 672 g/mol. The minimum Gasteiger partial charge on any atom is -0.467 e. The first-order valence-corrected chi connectivity index (χ1v) is 16.4. The quantitative estimate of drug-likeness (QED) is 0.1000. The summed E-state index contributed by atoms with van der Waals surface area (Å²) in [5.74, 6) is -0.421. The zero-order valence-corrected chi connectivity index (χ0v) is 28.1. The van der Waals surface area contributed by atoms with Gasteiger partial charge in [-0.25, -0.2) is 14.8 Å². The van der Waals surface area contributed by atoms with Gasteiger partial charge >= 0.3 is 5.97 Å². The Morgan fingerprint density at radius 3 is 1.90 bits per heavy atom. The SMILES string of the molecule is COC(=O)[C@H](Cc1cnc(-c2ccc(C)cc2)[nH]1)NC(=O)[C@H](Cc1c[nH]c2ccccc12)NC(=O)[C@@H](N)Cc1cnc(-c2ccc(C)cc2)[nH]1. The van der Waals surface area contributed by atoms with Crippen LogP contribution in [0.1, 0.15) is 28.1 Å². The maximum absolute atomic E-state index is 14.0. The number of benzene rings is 3. The number of H-pyrrole nitrogens is 3. The zero-order valence-electron chi connectivity index (χ0n) is 28.1. The Morgan fingerprint density at radius 2 is 1.30 bits per heavy atom. The maximum Gasteiger partial charge on any atom is 0.328 e. The minimum atomic E-state index is -1.06. The lowest BCUT2D eigenvalue weighted by Crippen LogP contribution is -2.56. The summed E-state index contributed by atoms with van der Waals surface area (Å²) in [6.45, 7) is 4.02. The number of ether oxygens (including phenoxy) is 1. The number of para-hydroxylation sites is 1. The van der Waals surface area contributed by atoms with E-state index in [1.165, 1.54) is 7.11 Å². The molecule has 256 valence electrons. The van der Waals surface area contributed by atoms with Crippen LogP contribution in [0.15, 0.2) is 91.4 Å². The summed E-state index contributed by atoms with van der Waals surface area (Å²) in [6.07, 6.45) is 5.49. The van der Waals surface area contributed by atoms with Crippen molar-refractivity contribution in [2.45, 2.75) is 51.2 Å². The van der Waals surface area contributed by atoms with Crippen LogP contribution in [0.3, 0.4) is 0 Å². The van der Waals surface area contributed by atoms with Crippen molar-refractivity contribution in [1.29, 1.82) is 0 Å². The summed E-state index contributed by atoms with van der Waals surface area (Å²) >= 11 is 0. The van der Waals surface area contributed by atoms with Gasteiger partial charge in [0, 0.05) is 71.3 Å². The van der Waals surface area contributed by atoms with Gasteiger partial charge in [-0.15, -0.1) is 0 Å². The van der Waals surface area contributed by atoms with Crippen LogP contribution in [0.25, 0.3) is 33.7 Å². The third-order valence-electron chi connectivity index (χ3n) is 8.64. The summed E-state index contributed by atoms with van der Waals surface area (Å²) in [5.41, 5.74) is 13.5. The highest BCUT2D eigenvalue weighted by Gasteiger charge is 2.30. The first kappa shape index (κ1) is 33.9. The molecule has 3 aromatic carbocycles. The molecule has 0 fully saturated rings. The number of aromatic nitrogens is 5. The summed E-state index contributed by atoms with van der Waals surface area (Å²) in [4.78, 5) is 59.0. The lowest BCUT2D eigenvalue weighted by atomic mass is 10.0. The molecule has 0 aliphatic carbocycles. The van der Waals surface area contributed by atoms with Crippen molar-refractivity contribution < 1.29 is 19.1 Å². The predicted octanol–water partition coefficient (Wildman–Crippen LogP) is 4.06. The van der Waals surface area contributed by atoms with Gasteiger partial charge < -0.3 is 36.1 Å². The van der Waals surface area contributed by atoms with Crippen LogP contribution in [-0.2, 0) is 38.4 Å². The molecule has 2 amide bonds. The van der Waals surface area contributed by atoms with E-state index in [9.17, 15) is 14.4 Å². The number of nitrogens with one attached hydrogen (secondary N) is 5. The van der Waals surface area contributed by atoms with E-state index >= 15 is 0 Å². The highest BCUT2D eigenvalue weighted by atomic mass is 16.5. The van der Waals surface area contributed by atoms with E-state index in [1.54, 1.807) is 12.4 Å². The third-order valence-corrected chi connectivity index (χ3v) is 8.64. The Kier molecular flexibility index (Phi) is 10.2. The number of imidazole rings is 2. The molecule has 0 aliphatic rings. The van der Waals surface area contributed by atoms with E-state index in [0.29, 0.717) is 23.0 Å². The number of nitrogens with two attached hydrogens (primary N) is 1. The average molecular weight is 673 g/mol. The largest absolute Gasteiger partial charge is 0.467 e. The van der Waals surface area contributed by atoms with Crippen LogP contribution in [0, 0.1) is 13.8 Å². The van der Waals surface area contributed by atoms with Gasteiger partial charge in [0.1, 0.15) is 23.7 Å². The highest BCUT2D eigenvalue weighted by molar-refractivity contribution is 5.93. The van der Waals surface area contributed by atoms with Gasteiger partial charge in [-0.2, -0.15) is 0 Å². The molecule has 0 spiro atoms. The van der Waals surface area contributed by atoms with Gasteiger partial charge in [0.2, 0.25) is 11.8 Å². The van der Waals surface area contributed by atoms with Gasteiger partial charge in [-0.05, 0) is 25.5 Å². The van der Waals surface area contributed by atoms with Crippen LogP contribution in [0.5, 0.6) is 0 Å². The smallest absolute Gasteiger partial charge is 0.328 e. The fraction of sp³-hybridized carbons (Fsp3) is 0.237. The van der Waals surface area contributed by atoms with Crippen molar-refractivity contribution in [2.24, 2.45) is 5.73 Å². The summed E-state index contributed by atoms with van der Waals surface area (Å²) in [6, 6.07) is 20.4. The van der Waals surface area contributed by atoms with Gasteiger partial charge in [0.15, 0.2) is 0 Å². The fourth-order valence-electron chi connectivity index (χ4n) is 5.81. The number of amides is 2. The Hall–Kier alpha value is -6.01. The maximum atomic E-state index is 14.0. The van der Waals surface area contributed by atoms with Crippen LogP contribution in [-0.4, -0.2) is 67.9 Å². The van der Waals surface area contributed by atoms with Crippen molar-refractivity contribution >= 4 is 28.7 Å². The van der Waals surface area contributed by atoms with Crippen molar-refractivity contribution in [3.63, 3.8) is 0 Å². The molecule has 50 heavy (non-hydrogen) atoms. The fourth-order valence-corrected chi connectivity index (χ4v) is 5.81.